The number of hydrogen-bond acceptors (Lipinski definition) is 6. The number of halogens is 3. The zero-order valence-electron chi connectivity index (χ0n) is 22.4. The first-order chi connectivity index (χ1) is 18.2. The summed E-state index contributed by atoms with van der Waals surface area (Å²) < 4.78 is 45.1. The van der Waals surface area contributed by atoms with E-state index in [-0.39, 0.29) is 12.2 Å². The zero-order chi connectivity index (χ0) is 27.1. The maximum Gasteiger partial charge on any atom is 0.418 e. The Kier molecular flexibility index (Phi) is 9.63. The highest BCUT2D eigenvalue weighted by molar-refractivity contribution is 5.89. The highest BCUT2D eigenvalue weighted by atomic mass is 19.4. The zero-order valence-corrected chi connectivity index (χ0v) is 22.4. The fourth-order valence-electron chi connectivity index (χ4n) is 4.98. The second kappa shape index (κ2) is 12.9. The third-order valence-corrected chi connectivity index (χ3v) is 7.42. The number of nitrogens with one attached hydrogen (secondary N) is 1. The van der Waals surface area contributed by atoms with E-state index in [2.05, 4.69) is 41.2 Å². The monoisotopic (exact) mass is 532 g/mol. The lowest BCUT2D eigenvalue weighted by molar-refractivity contribution is -0.142. The van der Waals surface area contributed by atoms with Crippen LogP contribution in [0, 0.1) is 6.92 Å². The molecule has 1 aromatic rings. The summed E-state index contributed by atoms with van der Waals surface area (Å²) in [5.41, 5.74) is 2.70. The molecule has 0 radical (unpaired) electrons. The molecule has 1 aromatic heterocycles. The van der Waals surface area contributed by atoms with E-state index in [0.29, 0.717) is 24.7 Å². The average molecular weight is 533 g/mol. The molecule has 0 amide bonds. The molecule has 0 spiro atoms. The molecule has 6 nitrogen and oxygen atoms in total. The fourth-order valence-corrected chi connectivity index (χ4v) is 4.98. The van der Waals surface area contributed by atoms with E-state index in [0.717, 1.165) is 75.3 Å². The third-order valence-electron chi connectivity index (χ3n) is 7.42. The molecule has 1 saturated heterocycles. The standard InChI is InChI=1S/C29H39F3N4O2/c1-3-4-7-21-9-10-23(34-20(21)2)8-5-6-16-36(24-11-12-24)17-15-26-28(37)38-25-13-14-27(35-26)33-19-22(18-25)29(30,31)32/h9-10,18-19,24,26H,3-8,11-17H2,1-2H3,(H,33,35)/b22-19+,25-18-. The molecule has 0 aromatic carbocycles. The topological polar surface area (TPSA) is 66.8 Å². The Balaban J connectivity index is 1.28. The van der Waals surface area contributed by atoms with Crippen molar-refractivity contribution in [1.29, 1.82) is 0 Å². The van der Waals surface area contributed by atoms with Crippen LogP contribution in [0.1, 0.15) is 81.7 Å². The number of hydrogen-bond donors (Lipinski definition) is 1. The largest absolute Gasteiger partial charge is 0.430 e. The van der Waals surface area contributed by atoms with E-state index in [1.54, 1.807) is 0 Å². The summed E-state index contributed by atoms with van der Waals surface area (Å²) in [5.74, 6) is -0.120. The van der Waals surface area contributed by atoms with Gasteiger partial charge in [0.1, 0.15) is 17.6 Å². The van der Waals surface area contributed by atoms with Crippen LogP contribution in [0.15, 0.2) is 40.7 Å². The normalized spacial score (nSPS) is 24.1. The second-order valence-corrected chi connectivity index (χ2v) is 10.6. The Bertz CT molecular complexity index is 1080. The van der Waals surface area contributed by atoms with Crippen LogP contribution >= 0.6 is 0 Å². The first kappa shape index (κ1) is 28.3. The maximum absolute atomic E-state index is 13.2. The summed E-state index contributed by atoms with van der Waals surface area (Å²) in [6.45, 7) is 5.97. The number of unbranched alkanes of at least 4 members (excludes halogenated alkanes) is 2. The second-order valence-electron chi connectivity index (χ2n) is 10.6. The number of nitrogens with zero attached hydrogens (tertiary/aromatic N) is 3. The number of pyridine rings is 1. The molecule has 1 saturated carbocycles. The number of carbonyl (C=O) groups is 1. The van der Waals surface area contributed by atoms with E-state index in [1.807, 2.05) is 0 Å². The molecule has 1 atom stereocenters. The van der Waals surface area contributed by atoms with Crippen LogP contribution in [-0.2, 0) is 22.4 Å². The predicted molar refractivity (Wildman–Crippen MR) is 142 cm³/mol. The Hall–Kier alpha value is -2.68. The van der Waals surface area contributed by atoms with Gasteiger partial charge in [-0.15, -0.1) is 0 Å². The smallest absolute Gasteiger partial charge is 0.418 e. The van der Waals surface area contributed by atoms with E-state index < -0.39 is 23.8 Å². The molecular weight excluding hydrogens is 493 g/mol. The summed E-state index contributed by atoms with van der Waals surface area (Å²) in [7, 11) is 0. The van der Waals surface area contributed by atoms with Gasteiger partial charge in [-0.3, -0.25) is 4.98 Å². The van der Waals surface area contributed by atoms with Crippen molar-refractivity contribution in [2.75, 3.05) is 13.1 Å². The molecule has 2 fully saturated rings. The molecule has 3 heterocycles. The molecule has 2 bridgehead atoms. The van der Waals surface area contributed by atoms with Gasteiger partial charge in [0.2, 0.25) is 0 Å². The lowest BCUT2D eigenvalue weighted by Crippen LogP contribution is -2.45. The van der Waals surface area contributed by atoms with Crippen LogP contribution in [0.25, 0.3) is 0 Å². The summed E-state index contributed by atoms with van der Waals surface area (Å²) in [6.07, 6.45) is 7.08. The minimum atomic E-state index is -4.56. The number of carbonyl (C=O) groups excluding carboxylic acids is 1. The molecule has 4 rings (SSSR count). The number of fused-ring (bicyclic) bond motifs is 3. The lowest BCUT2D eigenvalue weighted by atomic mass is 10.1. The molecule has 2 aliphatic heterocycles. The van der Waals surface area contributed by atoms with Gasteiger partial charge in [0, 0.05) is 43.0 Å². The first-order valence-corrected chi connectivity index (χ1v) is 13.9. The summed E-state index contributed by atoms with van der Waals surface area (Å²) >= 11 is 0. The number of aromatic nitrogens is 1. The van der Waals surface area contributed by atoms with E-state index in [1.165, 1.54) is 18.4 Å². The number of rotatable bonds is 12. The van der Waals surface area contributed by atoms with Crippen molar-refractivity contribution in [2.45, 2.75) is 103 Å². The van der Waals surface area contributed by atoms with Gasteiger partial charge in [0.05, 0.1) is 5.57 Å². The van der Waals surface area contributed by atoms with Gasteiger partial charge < -0.3 is 15.0 Å². The Labute approximate surface area is 223 Å². The highest BCUT2D eigenvalue weighted by Crippen LogP contribution is 2.31. The van der Waals surface area contributed by atoms with Gasteiger partial charge in [-0.05, 0) is 82.5 Å². The predicted octanol–water partition coefficient (Wildman–Crippen LogP) is 5.95. The van der Waals surface area contributed by atoms with Crippen molar-refractivity contribution in [3.63, 3.8) is 0 Å². The molecule has 1 unspecified atom stereocenters. The number of aliphatic imine (C=N–C) groups is 1. The Morgan fingerprint density at radius 1 is 1.11 bits per heavy atom. The quantitative estimate of drug-likeness (QED) is 0.266. The molecular formula is C29H39F3N4O2. The summed E-state index contributed by atoms with van der Waals surface area (Å²) in [6, 6.07) is 4.28. The molecule has 3 aliphatic rings. The lowest BCUT2D eigenvalue weighted by Gasteiger charge is -2.28. The SMILES string of the molecule is CCCCc1ccc(CCCCN(CCC2N/C3=N/C=C(C(F)(F)F)\C=C(\CC3)OC2=O)C2CC2)nc1C. The molecule has 9 heteroatoms. The van der Waals surface area contributed by atoms with Crippen LogP contribution in [0.2, 0.25) is 0 Å². The summed E-state index contributed by atoms with van der Waals surface area (Å²) in [5, 5.41) is 3.06. The molecule has 1 aliphatic carbocycles. The Morgan fingerprint density at radius 2 is 1.92 bits per heavy atom. The van der Waals surface area contributed by atoms with Crippen LogP contribution in [-0.4, -0.2) is 53.0 Å². The van der Waals surface area contributed by atoms with Gasteiger partial charge in [-0.1, -0.05) is 19.4 Å². The van der Waals surface area contributed by atoms with Crippen LogP contribution in [0.5, 0.6) is 0 Å². The van der Waals surface area contributed by atoms with Crippen molar-refractivity contribution in [2.24, 2.45) is 4.99 Å². The van der Waals surface area contributed by atoms with Crippen molar-refractivity contribution in [3.8, 4) is 0 Å². The number of alkyl halides is 3. The number of amidine groups is 1. The van der Waals surface area contributed by atoms with E-state index in [9.17, 15) is 18.0 Å². The average Bonchev–Trinajstić information content (AvgIpc) is 3.69. The van der Waals surface area contributed by atoms with Crippen LogP contribution < -0.4 is 5.32 Å². The first-order valence-electron chi connectivity index (χ1n) is 13.9. The van der Waals surface area contributed by atoms with E-state index in [4.69, 9.17) is 9.72 Å². The Morgan fingerprint density at radius 3 is 2.63 bits per heavy atom. The van der Waals surface area contributed by atoms with E-state index >= 15 is 0 Å². The van der Waals surface area contributed by atoms with Crippen molar-refractivity contribution in [1.82, 2.24) is 15.2 Å². The third kappa shape index (κ3) is 8.16. The van der Waals surface area contributed by atoms with Gasteiger partial charge in [0.15, 0.2) is 0 Å². The van der Waals surface area contributed by atoms with Gasteiger partial charge in [-0.25, -0.2) is 9.79 Å². The van der Waals surface area contributed by atoms with Crippen LogP contribution in [0.3, 0.4) is 0 Å². The van der Waals surface area contributed by atoms with Crippen molar-refractivity contribution >= 4 is 11.8 Å². The van der Waals surface area contributed by atoms with Gasteiger partial charge in [0.25, 0.3) is 0 Å². The fraction of sp³-hybridized carbons (Fsp3) is 0.621. The van der Waals surface area contributed by atoms with Crippen LogP contribution in [0.4, 0.5) is 13.2 Å². The minimum Gasteiger partial charge on any atom is -0.430 e. The number of esters is 1. The number of aryl methyl sites for hydroxylation is 3. The number of ether oxygens (including phenoxy) is 1. The number of allylic oxidation sites excluding steroid dienone is 3. The maximum atomic E-state index is 13.2. The van der Waals surface area contributed by atoms with Crippen molar-refractivity contribution in [3.05, 3.63) is 52.7 Å². The minimum absolute atomic E-state index is 0.0405. The van der Waals surface area contributed by atoms with Gasteiger partial charge in [-0.2, -0.15) is 13.2 Å². The highest BCUT2D eigenvalue weighted by Gasteiger charge is 2.35. The molecule has 38 heavy (non-hydrogen) atoms. The van der Waals surface area contributed by atoms with Gasteiger partial charge >= 0.3 is 12.1 Å². The molecule has 208 valence electrons. The summed E-state index contributed by atoms with van der Waals surface area (Å²) in [4.78, 5) is 24.1. The van der Waals surface area contributed by atoms with Crippen molar-refractivity contribution < 1.29 is 22.7 Å². The molecule has 1 N–H and O–H groups in total.